The second-order valence-corrected chi connectivity index (χ2v) is 8.75. The second kappa shape index (κ2) is 10.1. The van der Waals surface area contributed by atoms with Crippen LogP contribution in [-0.2, 0) is 6.42 Å². The summed E-state index contributed by atoms with van der Waals surface area (Å²) >= 11 is 0. The van der Waals surface area contributed by atoms with Gasteiger partial charge in [0.1, 0.15) is 11.5 Å². The third-order valence-electron chi connectivity index (χ3n) is 6.94. The maximum atomic E-state index is 9.25. The summed E-state index contributed by atoms with van der Waals surface area (Å²) in [5.74, 6) is 2.58. The van der Waals surface area contributed by atoms with Gasteiger partial charge in [0.15, 0.2) is 0 Å². The van der Waals surface area contributed by atoms with E-state index < -0.39 is 0 Å². The first kappa shape index (κ1) is 21.5. The minimum atomic E-state index is 0.666. The first-order valence-corrected chi connectivity index (χ1v) is 11.4. The Hall–Kier alpha value is -2.71. The highest BCUT2D eigenvalue weighted by Crippen LogP contribution is 2.33. The number of nitrogens with zero attached hydrogens (tertiary/aromatic N) is 3. The number of benzene rings is 2. The Kier molecular flexibility index (Phi) is 6.99. The van der Waals surface area contributed by atoms with Gasteiger partial charge in [-0.15, -0.1) is 0 Å². The first-order valence-electron chi connectivity index (χ1n) is 11.4. The van der Waals surface area contributed by atoms with Crippen molar-refractivity contribution < 1.29 is 9.47 Å². The summed E-state index contributed by atoms with van der Waals surface area (Å²) in [5.41, 5.74) is 3.13. The van der Waals surface area contributed by atoms with E-state index in [2.05, 4.69) is 34.1 Å². The average molecular weight is 420 g/mol. The molecule has 0 aliphatic carbocycles. The zero-order valence-electron chi connectivity index (χ0n) is 18.7. The topological polar surface area (TPSA) is 48.7 Å². The van der Waals surface area contributed by atoms with Crippen LogP contribution in [0.15, 0.2) is 42.5 Å². The van der Waals surface area contributed by atoms with E-state index in [-0.39, 0.29) is 0 Å². The average Bonchev–Trinajstić information content (AvgIpc) is 2.84. The van der Waals surface area contributed by atoms with Gasteiger partial charge in [0.2, 0.25) is 0 Å². The lowest BCUT2D eigenvalue weighted by molar-refractivity contribution is 0.115. The Labute approximate surface area is 186 Å². The highest BCUT2D eigenvalue weighted by atomic mass is 16.5. The fraction of sp³-hybridized carbons (Fsp3) is 0.500. The zero-order valence-corrected chi connectivity index (χ0v) is 18.7. The standard InChI is InChI=1S/C26H33N3O2/c1-30-24-5-3-4-21(17-24)16-20-8-12-28(13-9-20)23-10-14-29(15-11-23)25-18-22(19-27)6-7-26(25)31-2/h3-7,17-18,20,23H,8-16H2,1-2H3. The largest absolute Gasteiger partial charge is 0.497 e. The molecule has 0 atom stereocenters. The number of hydrogen-bond acceptors (Lipinski definition) is 5. The van der Waals surface area contributed by atoms with Gasteiger partial charge in [-0.05, 0) is 87.0 Å². The van der Waals surface area contributed by atoms with Crippen molar-refractivity contribution in [1.82, 2.24) is 4.90 Å². The SMILES string of the molecule is COc1cccc(CC2CCN(C3CCN(c4cc(C#N)ccc4OC)CC3)CC2)c1. The summed E-state index contributed by atoms with van der Waals surface area (Å²) in [7, 11) is 3.44. The number of likely N-dealkylation sites (tertiary alicyclic amines) is 1. The fourth-order valence-electron chi connectivity index (χ4n) is 5.13. The van der Waals surface area contributed by atoms with Crippen molar-refractivity contribution in [2.75, 3.05) is 45.3 Å². The highest BCUT2D eigenvalue weighted by molar-refractivity contribution is 5.62. The highest BCUT2D eigenvalue weighted by Gasteiger charge is 2.29. The van der Waals surface area contributed by atoms with E-state index in [4.69, 9.17) is 9.47 Å². The Morgan fingerprint density at radius 3 is 2.39 bits per heavy atom. The molecule has 0 unspecified atom stereocenters. The molecule has 0 aromatic heterocycles. The molecular weight excluding hydrogens is 386 g/mol. The molecule has 2 aliphatic rings. The smallest absolute Gasteiger partial charge is 0.142 e. The van der Waals surface area contributed by atoms with Crippen molar-refractivity contribution in [3.05, 3.63) is 53.6 Å². The summed E-state index contributed by atoms with van der Waals surface area (Å²) in [6.45, 7) is 4.43. The number of rotatable bonds is 6. The van der Waals surface area contributed by atoms with Gasteiger partial charge < -0.3 is 19.3 Å². The van der Waals surface area contributed by atoms with Gasteiger partial charge >= 0.3 is 0 Å². The molecule has 2 aliphatic heterocycles. The predicted octanol–water partition coefficient (Wildman–Crippen LogP) is 4.50. The number of nitriles is 1. The molecule has 5 heteroatoms. The molecule has 0 radical (unpaired) electrons. The van der Waals surface area contributed by atoms with Crippen molar-refractivity contribution in [3.63, 3.8) is 0 Å². The second-order valence-electron chi connectivity index (χ2n) is 8.75. The van der Waals surface area contributed by atoms with Crippen molar-refractivity contribution >= 4 is 5.69 Å². The molecule has 0 bridgehead atoms. The lowest BCUT2D eigenvalue weighted by Gasteiger charge is -2.42. The molecule has 0 spiro atoms. The van der Waals surface area contributed by atoms with Gasteiger partial charge in [-0.3, -0.25) is 0 Å². The predicted molar refractivity (Wildman–Crippen MR) is 124 cm³/mol. The normalized spacial score (nSPS) is 18.5. The first-order chi connectivity index (χ1) is 15.2. The van der Waals surface area contributed by atoms with Crippen LogP contribution in [0.2, 0.25) is 0 Å². The van der Waals surface area contributed by atoms with E-state index in [0.29, 0.717) is 11.6 Å². The van der Waals surface area contributed by atoms with E-state index in [1.807, 2.05) is 24.3 Å². The molecule has 2 aromatic rings. The monoisotopic (exact) mass is 419 g/mol. The Bertz CT molecular complexity index is 907. The molecule has 2 fully saturated rings. The summed E-state index contributed by atoms with van der Waals surface area (Å²) < 4.78 is 10.9. The molecule has 2 aromatic carbocycles. The number of methoxy groups -OCH3 is 2. The Morgan fingerprint density at radius 1 is 0.935 bits per heavy atom. The molecule has 5 nitrogen and oxygen atoms in total. The molecule has 164 valence electrons. The minimum absolute atomic E-state index is 0.666. The molecule has 0 N–H and O–H groups in total. The molecule has 4 rings (SSSR count). The summed E-state index contributed by atoms with van der Waals surface area (Å²) in [5, 5.41) is 9.25. The number of ether oxygens (including phenoxy) is 2. The van der Waals surface area contributed by atoms with Gasteiger partial charge in [-0.1, -0.05) is 12.1 Å². The molecule has 2 heterocycles. The van der Waals surface area contributed by atoms with Crippen LogP contribution in [0.4, 0.5) is 5.69 Å². The molecule has 31 heavy (non-hydrogen) atoms. The Morgan fingerprint density at radius 2 is 1.71 bits per heavy atom. The van der Waals surface area contributed by atoms with Crippen LogP contribution in [0.3, 0.4) is 0 Å². The van der Waals surface area contributed by atoms with Crippen LogP contribution >= 0.6 is 0 Å². The van der Waals surface area contributed by atoms with Crippen molar-refractivity contribution in [2.24, 2.45) is 5.92 Å². The van der Waals surface area contributed by atoms with Gasteiger partial charge in [0.25, 0.3) is 0 Å². The Balaban J connectivity index is 1.28. The van der Waals surface area contributed by atoms with Crippen LogP contribution in [0.5, 0.6) is 11.5 Å². The number of hydrogen-bond donors (Lipinski definition) is 0. The quantitative estimate of drug-likeness (QED) is 0.690. The van der Waals surface area contributed by atoms with Crippen molar-refractivity contribution in [1.29, 1.82) is 5.26 Å². The lowest BCUT2D eigenvalue weighted by atomic mass is 9.88. The van der Waals surface area contributed by atoms with Crippen LogP contribution in [0, 0.1) is 17.2 Å². The van der Waals surface area contributed by atoms with Crippen LogP contribution < -0.4 is 14.4 Å². The van der Waals surface area contributed by atoms with Crippen LogP contribution in [0.25, 0.3) is 0 Å². The van der Waals surface area contributed by atoms with Crippen molar-refractivity contribution in [2.45, 2.75) is 38.1 Å². The van der Waals surface area contributed by atoms with Gasteiger partial charge in [-0.25, -0.2) is 0 Å². The van der Waals surface area contributed by atoms with E-state index in [9.17, 15) is 5.26 Å². The van der Waals surface area contributed by atoms with E-state index >= 15 is 0 Å². The van der Waals surface area contributed by atoms with Crippen molar-refractivity contribution in [3.8, 4) is 17.6 Å². The number of anilines is 1. The third kappa shape index (κ3) is 5.14. The van der Waals surface area contributed by atoms with Gasteiger partial charge in [0, 0.05) is 19.1 Å². The molecular formula is C26H33N3O2. The summed E-state index contributed by atoms with van der Waals surface area (Å²) in [4.78, 5) is 5.09. The van der Waals surface area contributed by atoms with E-state index in [1.54, 1.807) is 14.2 Å². The third-order valence-corrected chi connectivity index (χ3v) is 6.94. The molecule has 0 saturated carbocycles. The maximum Gasteiger partial charge on any atom is 0.142 e. The summed E-state index contributed by atoms with van der Waals surface area (Å²) in [6.07, 6.45) is 6.03. The van der Waals surface area contributed by atoms with Crippen LogP contribution in [-0.4, -0.2) is 51.3 Å². The maximum absolute atomic E-state index is 9.25. The summed E-state index contributed by atoms with van der Waals surface area (Å²) in [6, 6.07) is 17.1. The van der Waals surface area contributed by atoms with Gasteiger partial charge in [-0.2, -0.15) is 5.26 Å². The van der Waals surface area contributed by atoms with Crippen LogP contribution in [0.1, 0.15) is 36.8 Å². The van der Waals surface area contributed by atoms with Gasteiger partial charge in [0.05, 0.1) is 31.5 Å². The van der Waals surface area contributed by atoms with E-state index in [1.165, 1.54) is 44.3 Å². The molecule has 2 saturated heterocycles. The number of piperidine rings is 2. The lowest BCUT2D eigenvalue weighted by Crippen LogP contribution is -2.48. The molecule has 0 amide bonds. The minimum Gasteiger partial charge on any atom is -0.497 e. The fourth-order valence-corrected chi connectivity index (χ4v) is 5.13. The zero-order chi connectivity index (χ0) is 21.6. The van der Waals surface area contributed by atoms with E-state index in [0.717, 1.165) is 42.6 Å².